The van der Waals surface area contributed by atoms with Crippen LogP contribution in [0, 0.1) is 0 Å². The Morgan fingerprint density at radius 1 is 0.875 bits per heavy atom. The summed E-state index contributed by atoms with van der Waals surface area (Å²) in [6.07, 6.45) is -0.901. The number of nitrogens with two attached hydrogens (primary N) is 1. The van der Waals surface area contributed by atoms with Gasteiger partial charge in [-0.25, -0.2) is 0 Å². The van der Waals surface area contributed by atoms with E-state index >= 15 is 0 Å². The fourth-order valence-electron chi connectivity index (χ4n) is 2.53. The largest absolute Gasteiger partial charge is 0.508 e. The molecule has 3 amide bonds. The summed E-state index contributed by atoms with van der Waals surface area (Å²) < 4.78 is 0. The third-order valence-electron chi connectivity index (χ3n) is 4.24. The van der Waals surface area contributed by atoms with E-state index in [2.05, 4.69) is 16.0 Å². The van der Waals surface area contributed by atoms with E-state index in [1.165, 1.54) is 24.3 Å². The highest BCUT2D eigenvalue weighted by atomic mass is 16.4. The lowest BCUT2D eigenvalue weighted by Gasteiger charge is -2.23. The van der Waals surface area contributed by atoms with Crippen molar-refractivity contribution < 1.29 is 44.4 Å². The first-order valence-electron chi connectivity index (χ1n) is 9.49. The Morgan fingerprint density at radius 3 is 2.00 bits per heavy atom. The Kier molecular flexibility index (Phi) is 10.6. The Balaban J connectivity index is 3.03. The molecule has 0 saturated carbocycles. The van der Waals surface area contributed by atoms with Gasteiger partial charge in [0.2, 0.25) is 17.7 Å². The molecule has 9 N–H and O–H groups in total. The predicted molar refractivity (Wildman–Crippen MR) is 108 cm³/mol. The second-order valence-electron chi connectivity index (χ2n) is 6.83. The van der Waals surface area contributed by atoms with Gasteiger partial charge in [0, 0.05) is 12.8 Å². The van der Waals surface area contributed by atoms with E-state index in [0.29, 0.717) is 5.56 Å². The zero-order valence-corrected chi connectivity index (χ0v) is 17.0. The summed E-state index contributed by atoms with van der Waals surface area (Å²) >= 11 is 0. The molecule has 0 aliphatic heterocycles. The summed E-state index contributed by atoms with van der Waals surface area (Å²) in [4.78, 5) is 58.8. The first-order chi connectivity index (χ1) is 15.0. The summed E-state index contributed by atoms with van der Waals surface area (Å²) in [6.45, 7) is -1.41. The van der Waals surface area contributed by atoms with Crippen molar-refractivity contribution in [1.82, 2.24) is 16.0 Å². The quantitative estimate of drug-likeness (QED) is 0.154. The minimum absolute atomic E-state index is 0.0265. The van der Waals surface area contributed by atoms with Crippen LogP contribution in [0.15, 0.2) is 24.3 Å². The van der Waals surface area contributed by atoms with Gasteiger partial charge in [0.15, 0.2) is 0 Å². The number of phenolic OH excluding ortho intramolecular Hbond substituents is 1. The standard InChI is InChI=1S/C19H26N4O9/c20-12(9-24)17(30)22-13(5-6-15(26)27)19(32)23-14(18(31)21-8-16(28)29)7-10-1-3-11(25)4-2-10/h1-4,12-14,24-25H,5-9,20H2,(H,21,31)(H,22,30)(H,23,32)(H,26,27)(H,28,29). The van der Waals surface area contributed by atoms with Crippen LogP contribution in [0.3, 0.4) is 0 Å². The molecule has 0 heterocycles. The van der Waals surface area contributed by atoms with Gasteiger partial charge in [0.25, 0.3) is 0 Å². The Bertz CT molecular complexity index is 829. The number of rotatable bonds is 13. The Hall–Kier alpha value is -3.71. The van der Waals surface area contributed by atoms with Gasteiger partial charge in [-0.1, -0.05) is 12.1 Å². The maximum absolute atomic E-state index is 12.7. The van der Waals surface area contributed by atoms with Crippen molar-refractivity contribution in [3.8, 4) is 5.75 Å². The van der Waals surface area contributed by atoms with Crippen LogP contribution in [0.4, 0.5) is 0 Å². The van der Waals surface area contributed by atoms with Gasteiger partial charge in [-0.15, -0.1) is 0 Å². The van der Waals surface area contributed by atoms with E-state index in [1.807, 2.05) is 0 Å². The highest BCUT2D eigenvalue weighted by Crippen LogP contribution is 2.12. The maximum atomic E-state index is 12.7. The van der Waals surface area contributed by atoms with Crippen molar-refractivity contribution in [3.63, 3.8) is 0 Å². The molecule has 3 atom stereocenters. The summed E-state index contributed by atoms with van der Waals surface area (Å²) in [5, 5.41) is 42.8. The monoisotopic (exact) mass is 454 g/mol. The average molecular weight is 454 g/mol. The Morgan fingerprint density at radius 2 is 1.47 bits per heavy atom. The smallest absolute Gasteiger partial charge is 0.322 e. The fourth-order valence-corrected chi connectivity index (χ4v) is 2.53. The summed E-state index contributed by atoms with van der Waals surface area (Å²) in [6, 6.07) is 1.69. The van der Waals surface area contributed by atoms with Gasteiger partial charge >= 0.3 is 11.9 Å². The number of carbonyl (C=O) groups is 5. The van der Waals surface area contributed by atoms with Crippen LogP contribution < -0.4 is 21.7 Å². The zero-order chi connectivity index (χ0) is 24.3. The number of hydrogen-bond acceptors (Lipinski definition) is 8. The van der Waals surface area contributed by atoms with E-state index in [0.717, 1.165) is 0 Å². The zero-order valence-electron chi connectivity index (χ0n) is 17.0. The maximum Gasteiger partial charge on any atom is 0.322 e. The van der Waals surface area contributed by atoms with Crippen LogP contribution >= 0.6 is 0 Å². The van der Waals surface area contributed by atoms with Crippen LogP contribution in [0.5, 0.6) is 5.75 Å². The van der Waals surface area contributed by atoms with Crippen molar-refractivity contribution in [2.75, 3.05) is 13.2 Å². The SMILES string of the molecule is NC(CO)C(=O)NC(CCC(=O)O)C(=O)NC(Cc1ccc(O)cc1)C(=O)NCC(=O)O. The average Bonchev–Trinajstić information content (AvgIpc) is 2.74. The first-order valence-corrected chi connectivity index (χ1v) is 9.49. The van der Waals surface area contributed by atoms with Gasteiger partial charge in [-0.05, 0) is 24.1 Å². The molecule has 3 unspecified atom stereocenters. The van der Waals surface area contributed by atoms with Crippen molar-refractivity contribution in [2.24, 2.45) is 5.73 Å². The molecular weight excluding hydrogens is 428 g/mol. The minimum Gasteiger partial charge on any atom is -0.508 e. The molecule has 0 bridgehead atoms. The highest BCUT2D eigenvalue weighted by molar-refractivity contribution is 5.94. The van der Waals surface area contributed by atoms with E-state index in [-0.39, 0.29) is 18.6 Å². The number of aliphatic carboxylic acids is 2. The van der Waals surface area contributed by atoms with Crippen molar-refractivity contribution in [1.29, 1.82) is 0 Å². The van der Waals surface area contributed by atoms with E-state index < -0.39 is 67.4 Å². The molecular formula is C19H26N4O9. The molecule has 0 fully saturated rings. The van der Waals surface area contributed by atoms with E-state index in [1.54, 1.807) is 0 Å². The summed E-state index contributed by atoms with van der Waals surface area (Å²) in [5.41, 5.74) is 5.92. The number of hydrogen-bond donors (Lipinski definition) is 8. The van der Waals surface area contributed by atoms with Crippen LogP contribution in [0.1, 0.15) is 18.4 Å². The molecule has 0 spiro atoms. The third kappa shape index (κ3) is 9.40. The van der Waals surface area contributed by atoms with Gasteiger partial charge in [0.1, 0.15) is 30.4 Å². The van der Waals surface area contributed by atoms with Crippen molar-refractivity contribution in [3.05, 3.63) is 29.8 Å². The normalized spacial score (nSPS) is 13.3. The van der Waals surface area contributed by atoms with Gasteiger partial charge < -0.3 is 42.1 Å². The number of nitrogens with one attached hydrogen (secondary N) is 3. The van der Waals surface area contributed by atoms with E-state index in [4.69, 9.17) is 21.1 Å². The molecule has 13 heteroatoms. The number of amides is 3. The molecule has 0 aliphatic rings. The minimum atomic E-state index is -1.38. The van der Waals surface area contributed by atoms with E-state index in [9.17, 15) is 29.1 Å². The second kappa shape index (κ2) is 12.9. The summed E-state index contributed by atoms with van der Waals surface area (Å²) in [7, 11) is 0. The molecule has 0 saturated heterocycles. The number of carboxylic acid groups (broad SMARTS) is 2. The third-order valence-corrected chi connectivity index (χ3v) is 4.24. The molecule has 1 aromatic rings. The van der Waals surface area contributed by atoms with Crippen molar-refractivity contribution in [2.45, 2.75) is 37.4 Å². The number of aliphatic hydroxyl groups is 1. The summed E-state index contributed by atoms with van der Waals surface area (Å²) in [5.74, 6) is -5.20. The van der Waals surface area contributed by atoms with Crippen LogP contribution in [0.2, 0.25) is 0 Å². The molecule has 1 aromatic carbocycles. The van der Waals surface area contributed by atoms with Gasteiger partial charge in [-0.3, -0.25) is 24.0 Å². The van der Waals surface area contributed by atoms with Crippen LogP contribution in [0.25, 0.3) is 0 Å². The van der Waals surface area contributed by atoms with Crippen molar-refractivity contribution >= 4 is 29.7 Å². The Labute approximate surface area is 182 Å². The molecule has 0 aliphatic carbocycles. The number of aliphatic hydroxyl groups excluding tert-OH is 1. The first kappa shape index (κ1) is 26.3. The topological polar surface area (TPSA) is 228 Å². The molecule has 1 rings (SSSR count). The number of aromatic hydroxyl groups is 1. The predicted octanol–water partition coefficient (Wildman–Crippen LogP) is -2.71. The van der Waals surface area contributed by atoms with Gasteiger partial charge in [-0.2, -0.15) is 0 Å². The molecule has 0 radical (unpaired) electrons. The molecule has 32 heavy (non-hydrogen) atoms. The fraction of sp³-hybridized carbons (Fsp3) is 0.421. The van der Waals surface area contributed by atoms with Crippen LogP contribution in [-0.2, 0) is 30.4 Å². The molecule has 13 nitrogen and oxygen atoms in total. The lowest BCUT2D eigenvalue weighted by atomic mass is 10.0. The molecule has 176 valence electrons. The number of carbonyl (C=O) groups excluding carboxylic acids is 3. The number of carboxylic acids is 2. The lowest BCUT2D eigenvalue weighted by molar-refractivity contribution is -0.138. The molecule has 0 aromatic heterocycles. The highest BCUT2D eigenvalue weighted by Gasteiger charge is 2.28. The van der Waals surface area contributed by atoms with Crippen LogP contribution in [-0.4, -0.2) is 81.4 Å². The second-order valence-corrected chi connectivity index (χ2v) is 6.83. The number of benzene rings is 1. The lowest BCUT2D eigenvalue weighted by Crippen LogP contribution is -2.57. The number of phenols is 1. The van der Waals surface area contributed by atoms with Gasteiger partial charge in [0.05, 0.1) is 6.61 Å².